The summed E-state index contributed by atoms with van der Waals surface area (Å²) in [4.78, 5) is 27.2. The molecule has 0 saturated heterocycles. The normalized spacial score (nSPS) is 15.2. The Balaban J connectivity index is 2.14. The molecule has 0 spiro atoms. The van der Waals surface area contributed by atoms with E-state index in [9.17, 15) is 9.59 Å². The molecule has 150 valence electrons. The van der Waals surface area contributed by atoms with Crippen LogP contribution in [0.5, 0.6) is 0 Å². The van der Waals surface area contributed by atoms with Gasteiger partial charge in [0.05, 0.1) is 37.3 Å². The molecule has 0 N–H and O–H groups in total. The van der Waals surface area contributed by atoms with Crippen molar-refractivity contribution in [3.05, 3.63) is 94.3 Å². The van der Waals surface area contributed by atoms with Crippen LogP contribution in [-0.4, -0.2) is 31.1 Å². The maximum atomic E-state index is 12.7. The Bertz CT molecular complexity index is 934. The molecule has 0 aromatic heterocycles. The molecule has 1 unspecified atom stereocenters. The van der Waals surface area contributed by atoms with Gasteiger partial charge in [-0.25, -0.2) is 9.59 Å². The number of nitrogens with zero attached hydrogens (tertiary/aromatic N) is 1. The Labute approximate surface area is 175 Å². The average Bonchev–Trinajstić information content (AvgIpc) is 2.77. The number of carbonyl (C=O) groups excluding carboxylic acids is 2. The second-order valence-corrected chi connectivity index (χ2v) is 7.11. The molecule has 1 aliphatic rings. The number of rotatable bonds is 5. The number of benzene rings is 2. The summed E-state index contributed by atoms with van der Waals surface area (Å²) < 4.78 is 10.0. The zero-order valence-electron chi connectivity index (χ0n) is 16.5. The smallest absolute Gasteiger partial charge is 0.336 e. The largest absolute Gasteiger partial charge is 0.466 e. The van der Waals surface area contributed by atoms with Gasteiger partial charge in [0.25, 0.3) is 0 Å². The number of methoxy groups -OCH3 is 2. The third-order valence-corrected chi connectivity index (χ3v) is 5.19. The van der Waals surface area contributed by atoms with Crippen LogP contribution in [-0.2, 0) is 19.1 Å². The number of halogens is 1. The summed E-state index contributed by atoms with van der Waals surface area (Å²) in [5.74, 6) is -1.68. The molecule has 0 fully saturated rings. The van der Waals surface area contributed by atoms with E-state index in [1.165, 1.54) is 14.2 Å². The average molecular weight is 412 g/mol. The van der Waals surface area contributed by atoms with Gasteiger partial charge in [0, 0.05) is 17.4 Å². The first-order valence-corrected chi connectivity index (χ1v) is 9.52. The first kappa shape index (κ1) is 20.7. The monoisotopic (exact) mass is 411 g/mol. The van der Waals surface area contributed by atoms with E-state index >= 15 is 0 Å². The molecule has 0 amide bonds. The summed E-state index contributed by atoms with van der Waals surface area (Å²) in [5.41, 5.74) is 2.41. The molecule has 3 rings (SSSR count). The lowest BCUT2D eigenvalue weighted by Crippen LogP contribution is -2.30. The minimum Gasteiger partial charge on any atom is -0.466 e. The SMILES string of the molecule is COC(=O)C1=CN(C(C)c2ccccc2)C=C(C(=O)OC)C1c1cccc(Cl)c1. The van der Waals surface area contributed by atoms with E-state index in [0.717, 1.165) is 5.56 Å². The zero-order valence-corrected chi connectivity index (χ0v) is 17.2. The molecule has 1 aliphatic heterocycles. The van der Waals surface area contributed by atoms with Crippen LogP contribution < -0.4 is 0 Å². The van der Waals surface area contributed by atoms with E-state index in [4.69, 9.17) is 21.1 Å². The quantitative estimate of drug-likeness (QED) is 0.672. The Kier molecular flexibility index (Phi) is 6.39. The lowest BCUT2D eigenvalue weighted by molar-refractivity contribution is -0.137. The third kappa shape index (κ3) is 4.35. The van der Waals surface area contributed by atoms with Crippen molar-refractivity contribution in [2.24, 2.45) is 0 Å². The molecular weight excluding hydrogens is 390 g/mol. The van der Waals surface area contributed by atoms with Crippen LogP contribution in [0.3, 0.4) is 0 Å². The van der Waals surface area contributed by atoms with Crippen LogP contribution >= 0.6 is 11.6 Å². The number of hydrogen-bond acceptors (Lipinski definition) is 5. The molecule has 6 heteroatoms. The van der Waals surface area contributed by atoms with Crippen molar-refractivity contribution in [3.63, 3.8) is 0 Å². The van der Waals surface area contributed by atoms with E-state index in [1.54, 1.807) is 30.6 Å². The van der Waals surface area contributed by atoms with Gasteiger partial charge in [-0.2, -0.15) is 0 Å². The lowest BCUT2D eigenvalue weighted by Gasteiger charge is -2.33. The highest BCUT2D eigenvalue weighted by atomic mass is 35.5. The minimum atomic E-state index is -0.646. The zero-order chi connectivity index (χ0) is 21.0. The van der Waals surface area contributed by atoms with Gasteiger partial charge in [0.2, 0.25) is 0 Å². The van der Waals surface area contributed by atoms with Crippen LogP contribution in [0.1, 0.15) is 30.0 Å². The van der Waals surface area contributed by atoms with Gasteiger partial charge in [0.15, 0.2) is 0 Å². The summed E-state index contributed by atoms with van der Waals surface area (Å²) >= 11 is 6.16. The summed E-state index contributed by atoms with van der Waals surface area (Å²) in [6, 6.07) is 16.8. The van der Waals surface area contributed by atoms with Crippen molar-refractivity contribution in [2.75, 3.05) is 14.2 Å². The summed E-state index contributed by atoms with van der Waals surface area (Å²) in [6.07, 6.45) is 3.45. The summed E-state index contributed by atoms with van der Waals surface area (Å²) in [5, 5.41) is 0.510. The lowest BCUT2D eigenvalue weighted by atomic mass is 9.83. The topological polar surface area (TPSA) is 55.8 Å². The van der Waals surface area contributed by atoms with Crippen molar-refractivity contribution >= 4 is 23.5 Å². The van der Waals surface area contributed by atoms with Crippen molar-refractivity contribution < 1.29 is 19.1 Å². The molecule has 1 atom stereocenters. The van der Waals surface area contributed by atoms with Crippen molar-refractivity contribution in [3.8, 4) is 0 Å². The molecule has 1 heterocycles. The van der Waals surface area contributed by atoms with Crippen LogP contribution in [0.15, 0.2) is 78.1 Å². The highest BCUT2D eigenvalue weighted by Gasteiger charge is 2.36. The second-order valence-electron chi connectivity index (χ2n) is 6.67. The highest BCUT2D eigenvalue weighted by molar-refractivity contribution is 6.30. The van der Waals surface area contributed by atoms with Gasteiger partial charge in [-0.05, 0) is 30.2 Å². The minimum absolute atomic E-state index is 0.115. The number of hydrogen-bond donors (Lipinski definition) is 0. The number of carbonyl (C=O) groups is 2. The molecule has 2 aromatic rings. The first-order chi connectivity index (χ1) is 14.0. The maximum absolute atomic E-state index is 12.7. The molecule has 0 aliphatic carbocycles. The van der Waals surface area contributed by atoms with E-state index in [2.05, 4.69) is 0 Å². The van der Waals surface area contributed by atoms with Gasteiger partial charge in [-0.3, -0.25) is 0 Å². The van der Waals surface area contributed by atoms with E-state index in [1.807, 2.05) is 48.2 Å². The molecule has 5 nitrogen and oxygen atoms in total. The standard InChI is InChI=1S/C23H22ClNO4/c1-15(16-8-5-4-6-9-16)25-13-19(22(26)28-2)21(20(14-25)23(27)29-3)17-10-7-11-18(24)12-17/h4-15,21H,1-3H3. The fraction of sp³-hybridized carbons (Fsp3) is 0.217. The van der Waals surface area contributed by atoms with Gasteiger partial charge >= 0.3 is 11.9 Å². The van der Waals surface area contributed by atoms with E-state index in [0.29, 0.717) is 21.7 Å². The van der Waals surface area contributed by atoms with E-state index < -0.39 is 17.9 Å². The van der Waals surface area contributed by atoms with Gasteiger partial charge in [-0.1, -0.05) is 54.1 Å². The highest BCUT2D eigenvalue weighted by Crippen LogP contribution is 2.39. The molecule has 0 radical (unpaired) electrons. The fourth-order valence-corrected chi connectivity index (χ4v) is 3.62. The van der Waals surface area contributed by atoms with Crippen LogP contribution in [0.2, 0.25) is 5.02 Å². The number of ether oxygens (including phenoxy) is 2. The Hall–Kier alpha value is -3.05. The Morgan fingerprint density at radius 1 is 0.931 bits per heavy atom. The Morgan fingerprint density at radius 3 is 2.03 bits per heavy atom. The molecule has 2 aromatic carbocycles. The van der Waals surface area contributed by atoms with Crippen molar-refractivity contribution in [2.45, 2.75) is 18.9 Å². The third-order valence-electron chi connectivity index (χ3n) is 4.95. The van der Waals surface area contributed by atoms with Crippen LogP contribution in [0, 0.1) is 0 Å². The van der Waals surface area contributed by atoms with Gasteiger partial charge < -0.3 is 14.4 Å². The second kappa shape index (κ2) is 8.97. The maximum Gasteiger partial charge on any atom is 0.336 e. The van der Waals surface area contributed by atoms with Gasteiger partial charge in [0.1, 0.15) is 0 Å². The van der Waals surface area contributed by atoms with Crippen molar-refractivity contribution in [1.29, 1.82) is 0 Å². The first-order valence-electron chi connectivity index (χ1n) is 9.14. The molecule has 0 bridgehead atoms. The van der Waals surface area contributed by atoms with E-state index in [-0.39, 0.29) is 6.04 Å². The van der Waals surface area contributed by atoms with Crippen molar-refractivity contribution in [1.82, 2.24) is 4.90 Å². The summed E-state index contributed by atoms with van der Waals surface area (Å²) in [7, 11) is 2.64. The number of esters is 2. The Morgan fingerprint density at radius 2 is 1.52 bits per heavy atom. The van der Waals surface area contributed by atoms with Gasteiger partial charge in [-0.15, -0.1) is 0 Å². The van der Waals surface area contributed by atoms with Crippen LogP contribution in [0.25, 0.3) is 0 Å². The summed E-state index contributed by atoms with van der Waals surface area (Å²) in [6.45, 7) is 1.99. The molecule has 29 heavy (non-hydrogen) atoms. The predicted molar refractivity (Wildman–Crippen MR) is 111 cm³/mol. The molecular formula is C23H22ClNO4. The fourth-order valence-electron chi connectivity index (χ4n) is 3.42. The predicted octanol–water partition coefficient (Wildman–Crippen LogP) is 4.61. The molecule has 0 saturated carbocycles. The van der Waals surface area contributed by atoms with Crippen LogP contribution in [0.4, 0.5) is 0 Å².